The van der Waals surface area contributed by atoms with E-state index in [9.17, 15) is 9.59 Å². The molecule has 7 heteroatoms. The molecule has 7 nitrogen and oxygen atoms in total. The van der Waals surface area contributed by atoms with Crippen molar-refractivity contribution in [2.75, 3.05) is 23.1 Å². The minimum Gasteiger partial charge on any atom is -0.497 e. The van der Waals surface area contributed by atoms with Crippen LogP contribution in [-0.4, -0.2) is 25.0 Å². The summed E-state index contributed by atoms with van der Waals surface area (Å²) in [5, 5.41) is 9.03. The zero-order valence-electron chi connectivity index (χ0n) is 17.2. The molecule has 3 aromatic carbocycles. The molecule has 0 spiro atoms. The number of methoxy groups -OCH3 is 1. The van der Waals surface area contributed by atoms with E-state index >= 15 is 0 Å². The van der Waals surface area contributed by atoms with E-state index in [0.29, 0.717) is 28.6 Å². The van der Waals surface area contributed by atoms with Crippen LogP contribution in [0.5, 0.6) is 11.5 Å². The maximum Gasteiger partial charge on any atom is 0.265 e. The molecule has 0 aromatic heterocycles. The molecule has 1 heterocycles. The SMILES string of the molecule is COc1cccc(NC(=O)[C@@H](Nc2ccc3c(c2)NC(=O)[C@H](C)O3)c2ccccc2)c1. The van der Waals surface area contributed by atoms with Crippen LogP contribution in [0.4, 0.5) is 17.1 Å². The number of hydrogen-bond acceptors (Lipinski definition) is 5. The van der Waals surface area contributed by atoms with E-state index < -0.39 is 12.1 Å². The summed E-state index contributed by atoms with van der Waals surface area (Å²) in [4.78, 5) is 25.1. The lowest BCUT2D eigenvalue weighted by Crippen LogP contribution is -2.34. The highest BCUT2D eigenvalue weighted by atomic mass is 16.5. The Morgan fingerprint density at radius 3 is 2.61 bits per heavy atom. The molecule has 158 valence electrons. The number of amides is 2. The summed E-state index contributed by atoms with van der Waals surface area (Å²) in [5.41, 5.74) is 2.67. The van der Waals surface area contributed by atoms with Crippen molar-refractivity contribution >= 4 is 28.9 Å². The zero-order valence-corrected chi connectivity index (χ0v) is 17.2. The molecule has 0 saturated carbocycles. The fourth-order valence-corrected chi connectivity index (χ4v) is 3.33. The minimum absolute atomic E-state index is 0.208. The van der Waals surface area contributed by atoms with Crippen LogP contribution < -0.4 is 25.4 Å². The van der Waals surface area contributed by atoms with Gasteiger partial charge in [0, 0.05) is 17.4 Å². The Hall–Kier alpha value is -4.00. The van der Waals surface area contributed by atoms with Gasteiger partial charge in [-0.2, -0.15) is 0 Å². The second-order valence-corrected chi connectivity index (χ2v) is 7.17. The third-order valence-corrected chi connectivity index (χ3v) is 4.95. The average Bonchev–Trinajstić information content (AvgIpc) is 2.79. The normalized spacial score (nSPS) is 15.7. The maximum atomic E-state index is 13.2. The van der Waals surface area contributed by atoms with E-state index in [4.69, 9.17) is 9.47 Å². The zero-order chi connectivity index (χ0) is 21.8. The molecule has 2 atom stereocenters. The number of fused-ring (bicyclic) bond motifs is 1. The number of nitrogens with one attached hydrogen (secondary N) is 3. The highest BCUT2D eigenvalue weighted by Gasteiger charge is 2.25. The van der Waals surface area contributed by atoms with Gasteiger partial charge >= 0.3 is 0 Å². The molecule has 0 radical (unpaired) electrons. The number of anilines is 3. The summed E-state index contributed by atoms with van der Waals surface area (Å²) in [6.07, 6.45) is -0.544. The van der Waals surface area contributed by atoms with Gasteiger partial charge in [0.05, 0.1) is 12.8 Å². The van der Waals surface area contributed by atoms with Crippen LogP contribution in [-0.2, 0) is 9.59 Å². The Morgan fingerprint density at radius 1 is 1.03 bits per heavy atom. The standard InChI is InChI=1S/C24H23N3O4/c1-15-23(28)27-20-14-18(11-12-21(20)31-15)25-22(16-7-4-3-5-8-16)24(29)26-17-9-6-10-19(13-17)30-2/h3-15,22,25H,1-2H3,(H,26,29)(H,27,28)/t15-,22-/m0/s1. The Bertz CT molecular complexity index is 1100. The van der Waals surface area contributed by atoms with E-state index in [1.807, 2.05) is 48.5 Å². The smallest absolute Gasteiger partial charge is 0.265 e. The average molecular weight is 417 g/mol. The van der Waals surface area contributed by atoms with Crippen molar-refractivity contribution in [1.82, 2.24) is 0 Å². The molecule has 0 unspecified atom stereocenters. The van der Waals surface area contributed by atoms with Gasteiger partial charge in [-0.1, -0.05) is 36.4 Å². The lowest BCUT2D eigenvalue weighted by Gasteiger charge is -2.25. The van der Waals surface area contributed by atoms with Crippen molar-refractivity contribution in [1.29, 1.82) is 0 Å². The molecule has 1 aliphatic heterocycles. The molecule has 0 aliphatic carbocycles. The van der Waals surface area contributed by atoms with Crippen LogP contribution in [0.2, 0.25) is 0 Å². The first-order chi connectivity index (χ1) is 15.0. The van der Waals surface area contributed by atoms with Crippen LogP contribution in [0.15, 0.2) is 72.8 Å². The quantitative estimate of drug-likeness (QED) is 0.559. The Morgan fingerprint density at radius 2 is 1.84 bits per heavy atom. The van der Waals surface area contributed by atoms with Crippen LogP contribution in [0.1, 0.15) is 18.5 Å². The topological polar surface area (TPSA) is 88.7 Å². The predicted molar refractivity (Wildman–Crippen MR) is 120 cm³/mol. The molecule has 3 N–H and O–H groups in total. The van der Waals surface area contributed by atoms with Gasteiger partial charge in [0.25, 0.3) is 11.8 Å². The molecule has 31 heavy (non-hydrogen) atoms. The molecule has 0 saturated heterocycles. The number of benzene rings is 3. The lowest BCUT2D eigenvalue weighted by atomic mass is 10.1. The largest absolute Gasteiger partial charge is 0.497 e. The van der Waals surface area contributed by atoms with E-state index in [1.165, 1.54) is 0 Å². The summed E-state index contributed by atoms with van der Waals surface area (Å²) in [6, 6.07) is 21.3. The number of carbonyl (C=O) groups excluding carboxylic acids is 2. The van der Waals surface area contributed by atoms with Gasteiger partial charge in [0.2, 0.25) is 0 Å². The summed E-state index contributed by atoms with van der Waals surface area (Å²) in [5.74, 6) is 0.808. The predicted octanol–water partition coefficient (Wildman–Crippen LogP) is 4.21. The van der Waals surface area contributed by atoms with Gasteiger partial charge < -0.3 is 25.4 Å². The van der Waals surface area contributed by atoms with Gasteiger partial charge in [-0.15, -0.1) is 0 Å². The molecule has 3 aromatic rings. The maximum absolute atomic E-state index is 13.2. The van der Waals surface area contributed by atoms with Crippen molar-refractivity contribution < 1.29 is 19.1 Å². The van der Waals surface area contributed by atoms with Gasteiger partial charge in [-0.3, -0.25) is 9.59 Å². The minimum atomic E-state index is -0.662. The highest BCUT2D eigenvalue weighted by Crippen LogP contribution is 2.33. The Kier molecular flexibility index (Phi) is 5.75. The molecular weight excluding hydrogens is 394 g/mol. The number of carbonyl (C=O) groups is 2. The monoisotopic (exact) mass is 417 g/mol. The summed E-state index contributed by atoms with van der Waals surface area (Å²) in [6.45, 7) is 1.69. The Labute approximate surface area is 180 Å². The van der Waals surface area contributed by atoms with E-state index in [1.54, 1.807) is 38.3 Å². The van der Waals surface area contributed by atoms with Crippen molar-refractivity contribution in [3.05, 3.63) is 78.4 Å². The van der Waals surface area contributed by atoms with Crippen LogP contribution in [0.25, 0.3) is 0 Å². The van der Waals surface area contributed by atoms with Crippen LogP contribution in [0.3, 0.4) is 0 Å². The van der Waals surface area contributed by atoms with Gasteiger partial charge in [-0.25, -0.2) is 0 Å². The van der Waals surface area contributed by atoms with Gasteiger partial charge in [-0.05, 0) is 42.8 Å². The molecule has 1 aliphatic rings. The van der Waals surface area contributed by atoms with Crippen molar-refractivity contribution in [3.8, 4) is 11.5 Å². The van der Waals surface area contributed by atoms with Crippen molar-refractivity contribution in [2.24, 2.45) is 0 Å². The van der Waals surface area contributed by atoms with E-state index in [2.05, 4.69) is 16.0 Å². The first-order valence-electron chi connectivity index (χ1n) is 9.91. The summed E-state index contributed by atoms with van der Waals surface area (Å²) < 4.78 is 10.8. The van der Waals surface area contributed by atoms with Crippen molar-refractivity contribution in [2.45, 2.75) is 19.1 Å². The highest BCUT2D eigenvalue weighted by molar-refractivity contribution is 5.99. The third kappa shape index (κ3) is 4.61. The van der Waals surface area contributed by atoms with E-state index in [-0.39, 0.29) is 11.8 Å². The van der Waals surface area contributed by atoms with E-state index in [0.717, 1.165) is 5.56 Å². The number of rotatable bonds is 6. The third-order valence-electron chi connectivity index (χ3n) is 4.95. The van der Waals surface area contributed by atoms with Crippen molar-refractivity contribution in [3.63, 3.8) is 0 Å². The van der Waals surface area contributed by atoms with Crippen LogP contribution >= 0.6 is 0 Å². The molecular formula is C24H23N3O4. The van der Waals surface area contributed by atoms with Gasteiger partial charge in [0.1, 0.15) is 17.5 Å². The second kappa shape index (κ2) is 8.79. The summed E-state index contributed by atoms with van der Waals surface area (Å²) >= 11 is 0. The first kappa shape index (κ1) is 20.3. The molecule has 4 rings (SSSR count). The second-order valence-electron chi connectivity index (χ2n) is 7.17. The fraction of sp³-hybridized carbons (Fsp3) is 0.167. The molecule has 2 amide bonds. The number of hydrogen-bond donors (Lipinski definition) is 3. The lowest BCUT2D eigenvalue weighted by molar-refractivity contribution is -0.122. The van der Waals surface area contributed by atoms with Gasteiger partial charge in [0.15, 0.2) is 6.10 Å². The number of ether oxygens (including phenoxy) is 2. The molecule has 0 fully saturated rings. The van der Waals surface area contributed by atoms with Crippen LogP contribution in [0, 0.1) is 0 Å². The molecule has 0 bridgehead atoms. The summed E-state index contributed by atoms with van der Waals surface area (Å²) in [7, 11) is 1.58. The first-order valence-corrected chi connectivity index (χ1v) is 9.91. The Balaban J connectivity index is 1.59. The fourth-order valence-electron chi connectivity index (χ4n) is 3.33.